The molecule has 0 radical (unpaired) electrons. The number of carbonyl (C=O) groups is 1. The van der Waals surface area contributed by atoms with E-state index in [9.17, 15) is 4.79 Å². The molecular weight excluding hydrogens is 364 g/mol. The Kier molecular flexibility index (Phi) is 4.50. The Morgan fingerprint density at radius 1 is 1.21 bits per heavy atom. The fourth-order valence-corrected chi connectivity index (χ4v) is 4.21. The first-order valence-corrected chi connectivity index (χ1v) is 10.7. The van der Waals surface area contributed by atoms with Crippen LogP contribution >= 0.6 is 0 Å². The number of ether oxygens (including phenoxy) is 2. The standard InChI is InChI=1S/C24H28N2O3/c1-15(2)17-10-20(22-21(11-17)29-24(14-26-22)7-4-8-24)16-5-3-6-19(9-16)28-23(27)18-12-25-13-18/h3,5-6,9-11,15,18,25-26H,4,7-8,12-14H2,1-2H3. The summed E-state index contributed by atoms with van der Waals surface area (Å²) in [7, 11) is 0. The van der Waals surface area contributed by atoms with Gasteiger partial charge in [-0.05, 0) is 60.6 Å². The molecule has 2 aromatic carbocycles. The molecule has 152 valence electrons. The summed E-state index contributed by atoms with van der Waals surface area (Å²) in [6.07, 6.45) is 3.46. The van der Waals surface area contributed by atoms with Crippen LogP contribution in [0, 0.1) is 5.92 Å². The molecule has 29 heavy (non-hydrogen) atoms. The molecule has 0 atom stereocenters. The maximum atomic E-state index is 12.2. The van der Waals surface area contributed by atoms with Crippen molar-refractivity contribution >= 4 is 11.7 Å². The van der Waals surface area contributed by atoms with Crippen LogP contribution in [-0.2, 0) is 4.79 Å². The van der Waals surface area contributed by atoms with Gasteiger partial charge in [-0.25, -0.2) is 0 Å². The van der Waals surface area contributed by atoms with Crippen LogP contribution < -0.4 is 20.1 Å². The predicted octanol–water partition coefficient (Wildman–Crippen LogP) is 4.33. The van der Waals surface area contributed by atoms with Gasteiger partial charge in [-0.2, -0.15) is 0 Å². The number of hydrogen-bond donors (Lipinski definition) is 2. The minimum absolute atomic E-state index is 0.0337. The van der Waals surface area contributed by atoms with Gasteiger partial charge in [-0.1, -0.05) is 26.0 Å². The lowest BCUT2D eigenvalue weighted by molar-refractivity contribution is -0.140. The minimum atomic E-state index is -0.160. The molecule has 0 unspecified atom stereocenters. The summed E-state index contributed by atoms with van der Waals surface area (Å²) in [5, 5.41) is 6.75. The van der Waals surface area contributed by atoms with Gasteiger partial charge in [0.1, 0.15) is 17.1 Å². The molecule has 2 N–H and O–H groups in total. The zero-order valence-corrected chi connectivity index (χ0v) is 17.1. The Labute approximate surface area is 171 Å². The van der Waals surface area contributed by atoms with Crippen LogP contribution in [0.25, 0.3) is 11.1 Å². The highest BCUT2D eigenvalue weighted by Gasteiger charge is 2.42. The molecule has 0 amide bonds. The molecule has 2 heterocycles. The van der Waals surface area contributed by atoms with Gasteiger partial charge >= 0.3 is 5.97 Å². The van der Waals surface area contributed by atoms with Crippen molar-refractivity contribution in [3.63, 3.8) is 0 Å². The second kappa shape index (κ2) is 7.06. The molecule has 5 nitrogen and oxygen atoms in total. The van der Waals surface area contributed by atoms with Crippen molar-refractivity contribution < 1.29 is 14.3 Å². The van der Waals surface area contributed by atoms with Crippen molar-refractivity contribution in [3.8, 4) is 22.6 Å². The summed E-state index contributed by atoms with van der Waals surface area (Å²) < 4.78 is 12.1. The summed E-state index contributed by atoms with van der Waals surface area (Å²) in [4.78, 5) is 12.2. The van der Waals surface area contributed by atoms with E-state index >= 15 is 0 Å². The Balaban J connectivity index is 1.50. The number of esters is 1. The zero-order chi connectivity index (χ0) is 20.0. The zero-order valence-electron chi connectivity index (χ0n) is 17.1. The first kappa shape index (κ1) is 18.5. The molecule has 2 aliphatic heterocycles. The molecule has 1 saturated carbocycles. The van der Waals surface area contributed by atoms with Gasteiger partial charge < -0.3 is 20.1 Å². The van der Waals surface area contributed by atoms with Gasteiger partial charge in [-0.3, -0.25) is 4.79 Å². The molecule has 0 bridgehead atoms. The summed E-state index contributed by atoms with van der Waals surface area (Å²) >= 11 is 0. The lowest BCUT2D eigenvalue weighted by atomic mass is 9.78. The van der Waals surface area contributed by atoms with E-state index in [1.54, 1.807) is 0 Å². The molecular formula is C24H28N2O3. The summed E-state index contributed by atoms with van der Waals surface area (Å²) in [6.45, 7) is 6.64. The van der Waals surface area contributed by atoms with Gasteiger partial charge in [0.05, 0.1) is 18.2 Å². The average molecular weight is 392 g/mol. The maximum Gasteiger partial charge on any atom is 0.316 e. The van der Waals surface area contributed by atoms with E-state index in [1.807, 2.05) is 18.2 Å². The van der Waals surface area contributed by atoms with E-state index in [4.69, 9.17) is 9.47 Å². The van der Waals surface area contributed by atoms with Crippen LogP contribution in [0.3, 0.4) is 0 Å². The van der Waals surface area contributed by atoms with E-state index in [0.717, 1.165) is 42.0 Å². The lowest BCUT2D eigenvalue weighted by Gasteiger charge is -2.46. The molecule has 1 aliphatic carbocycles. The highest BCUT2D eigenvalue weighted by molar-refractivity contribution is 5.85. The third-order valence-corrected chi connectivity index (χ3v) is 6.45. The molecule has 0 aromatic heterocycles. The molecule has 1 spiro atoms. The minimum Gasteiger partial charge on any atom is -0.483 e. The Morgan fingerprint density at radius 2 is 2.03 bits per heavy atom. The van der Waals surface area contributed by atoms with E-state index in [0.29, 0.717) is 24.8 Å². The molecule has 5 heteroatoms. The lowest BCUT2D eigenvalue weighted by Crippen LogP contribution is -2.51. The van der Waals surface area contributed by atoms with E-state index in [1.165, 1.54) is 12.0 Å². The summed E-state index contributed by atoms with van der Waals surface area (Å²) in [5.74, 6) is 1.74. The second-order valence-electron chi connectivity index (χ2n) is 8.89. The maximum absolute atomic E-state index is 12.2. The van der Waals surface area contributed by atoms with Gasteiger partial charge in [0.15, 0.2) is 0 Å². The number of anilines is 1. The third-order valence-electron chi connectivity index (χ3n) is 6.45. The molecule has 5 rings (SSSR count). The average Bonchev–Trinajstić information content (AvgIpc) is 2.64. The summed E-state index contributed by atoms with van der Waals surface area (Å²) in [6, 6.07) is 12.2. The number of nitrogens with one attached hydrogen (secondary N) is 2. The summed E-state index contributed by atoms with van der Waals surface area (Å²) in [5.41, 5.74) is 4.39. The van der Waals surface area contributed by atoms with Gasteiger partial charge in [0.25, 0.3) is 0 Å². The quantitative estimate of drug-likeness (QED) is 0.599. The van der Waals surface area contributed by atoms with E-state index in [2.05, 4.69) is 42.7 Å². The largest absolute Gasteiger partial charge is 0.483 e. The molecule has 2 aromatic rings. The van der Waals surface area contributed by atoms with Crippen molar-refractivity contribution in [3.05, 3.63) is 42.0 Å². The number of hydrogen-bond acceptors (Lipinski definition) is 5. The van der Waals surface area contributed by atoms with Gasteiger partial charge in [0, 0.05) is 18.7 Å². The van der Waals surface area contributed by atoms with Crippen molar-refractivity contribution in [2.45, 2.75) is 44.6 Å². The SMILES string of the molecule is CC(C)c1cc2c(c(-c3cccc(OC(=O)C4CNC4)c3)c1)NCC1(CCC1)O2. The van der Waals surface area contributed by atoms with Gasteiger partial charge in [-0.15, -0.1) is 0 Å². The number of fused-ring (bicyclic) bond motifs is 1. The van der Waals surface area contributed by atoms with Crippen molar-refractivity contribution in [1.82, 2.24) is 5.32 Å². The molecule has 2 fully saturated rings. The van der Waals surface area contributed by atoms with Gasteiger partial charge in [0.2, 0.25) is 0 Å². The van der Waals surface area contributed by atoms with E-state index < -0.39 is 0 Å². The fourth-order valence-electron chi connectivity index (χ4n) is 4.21. The first-order chi connectivity index (χ1) is 14.0. The number of benzene rings is 2. The second-order valence-corrected chi connectivity index (χ2v) is 8.89. The highest BCUT2D eigenvalue weighted by atomic mass is 16.5. The van der Waals surface area contributed by atoms with Crippen molar-refractivity contribution in [1.29, 1.82) is 0 Å². The van der Waals surface area contributed by atoms with Crippen LogP contribution in [0.15, 0.2) is 36.4 Å². The molecule has 1 saturated heterocycles. The first-order valence-electron chi connectivity index (χ1n) is 10.7. The predicted molar refractivity (Wildman–Crippen MR) is 114 cm³/mol. The van der Waals surface area contributed by atoms with Crippen LogP contribution in [0.2, 0.25) is 0 Å². The number of carbonyl (C=O) groups excluding carboxylic acids is 1. The fraction of sp³-hybridized carbons (Fsp3) is 0.458. The van der Waals surface area contributed by atoms with Crippen LogP contribution in [0.4, 0.5) is 5.69 Å². The smallest absolute Gasteiger partial charge is 0.316 e. The topological polar surface area (TPSA) is 59.6 Å². The highest BCUT2D eigenvalue weighted by Crippen LogP contribution is 2.48. The van der Waals surface area contributed by atoms with E-state index in [-0.39, 0.29) is 17.5 Å². The Bertz CT molecular complexity index is 945. The third kappa shape index (κ3) is 3.38. The number of rotatable bonds is 4. The molecule has 3 aliphatic rings. The van der Waals surface area contributed by atoms with Crippen LogP contribution in [0.5, 0.6) is 11.5 Å². The normalized spacial score (nSPS) is 19.6. The Hall–Kier alpha value is -2.53. The van der Waals surface area contributed by atoms with Crippen LogP contribution in [-0.4, -0.2) is 31.2 Å². The Morgan fingerprint density at radius 3 is 2.69 bits per heavy atom. The van der Waals surface area contributed by atoms with Crippen molar-refractivity contribution in [2.75, 3.05) is 25.0 Å². The van der Waals surface area contributed by atoms with Crippen LogP contribution in [0.1, 0.15) is 44.6 Å². The monoisotopic (exact) mass is 392 g/mol. The van der Waals surface area contributed by atoms with Crippen molar-refractivity contribution in [2.24, 2.45) is 5.92 Å².